The molecule has 2 saturated carbocycles. The lowest BCUT2D eigenvalue weighted by atomic mass is 9.38. The second-order valence-corrected chi connectivity index (χ2v) is 9.63. The van der Waals surface area contributed by atoms with Gasteiger partial charge in [0.25, 0.3) is 0 Å². The molecule has 0 aromatic rings. The minimum absolute atomic E-state index is 0.0266. The molecule has 4 fully saturated rings. The van der Waals surface area contributed by atoms with Crippen LogP contribution in [-0.4, -0.2) is 69.0 Å². The van der Waals surface area contributed by atoms with Gasteiger partial charge in [0, 0.05) is 22.7 Å². The Morgan fingerprint density at radius 3 is 2.57 bits per heavy atom. The van der Waals surface area contributed by atoms with Crippen molar-refractivity contribution < 1.29 is 39.5 Å². The van der Waals surface area contributed by atoms with E-state index in [0.717, 1.165) is 5.57 Å². The average Bonchev–Trinajstić information content (AvgIpc) is 2.92. The van der Waals surface area contributed by atoms with Gasteiger partial charge in [-0.15, -0.1) is 0 Å². The van der Waals surface area contributed by atoms with Gasteiger partial charge in [-0.25, -0.2) is 4.79 Å². The Balaban J connectivity index is 1.79. The molecule has 3 aliphatic carbocycles. The first kappa shape index (κ1) is 18.7. The lowest BCUT2D eigenvalue weighted by molar-refractivity contribution is -0.339. The van der Waals surface area contributed by atoms with Crippen molar-refractivity contribution in [2.24, 2.45) is 34.5 Å². The summed E-state index contributed by atoms with van der Waals surface area (Å²) in [5.41, 5.74) is -1.40. The number of aliphatic hydroxyl groups excluding tert-OH is 3. The third kappa shape index (κ3) is 1.72. The highest BCUT2D eigenvalue weighted by Gasteiger charge is 2.83. The van der Waals surface area contributed by atoms with Gasteiger partial charge in [0.1, 0.15) is 18.3 Å². The Morgan fingerprint density at radius 2 is 1.89 bits per heavy atom. The molecule has 8 nitrogen and oxygen atoms in total. The van der Waals surface area contributed by atoms with Crippen molar-refractivity contribution >= 4 is 11.8 Å². The molecule has 2 bridgehead atoms. The summed E-state index contributed by atoms with van der Waals surface area (Å²) >= 11 is 0. The molecule has 5 aliphatic rings. The Kier molecular flexibility index (Phi) is 3.49. The number of ether oxygens (including phenoxy) is 2. The van der Waals surface area contributed by atoms with E-state index >= 15 is 0 Å². The fourth-order valence-electron chi connectivity index (χ4n) is 7.64. The summed E-state index contributed by atoms with van der Waals surface area (Å²) in [5.74, 6) is -5.79. The van der Waals surface area contributed by atoms with Crippen LogP contribution in [0.1, 0.15) is 27.2 Å². The topological polar surface area (TPSA) is 134 Å². The van der Waals surface area contributed by atoms with Crippen molar-refractivity contribution in [1.29, 1.82) is 0 Å². The summed E-state index contributed by atoms with van der Waals surface area (Å²) < 4.78 is 11.4. The van der Waals surface area contributed by atoms with Gasteiger partial charge in [-0.3, -0.25) is 4.79 Å². The van der Waals surface area contributed by atoms with E-state index in [-0.39, 0.29) is 12.5 Å². The molecular weight excluding hydrogens is 368 g/mol. The smallest absolute Gasteiger partial charge is 0.335 e. The largest absolute Gasteiger partial charge is 0.460 e. The van der Waals surface area contributed by atoms with E-state index < -0.39 is 70.5 Å². The van der Waals surface area contributed by atoms with Gasteiger partial charge in [-0.2, -0.15) is 0 Å². The molecule has 4 N–H and O–H groups in total. The van der Waals surface area contributed by atoms with Crippen molar-refractivity contribution in [3.8, 4) is 0 Å². The number of hydrogen-bond acceptors (Lipinski definition) is 8. The molecule has 5 rings (SSSR count). The molecule has 2 aliphatic heterocycles. The number of rotatable bonds is 0. The molecule has 1 spiro atoms. The van der Waals surface area contributed by atoms with Gasteiger partial charge in [-0.05, 0) is 31.3 Å². The van der Waals surface area contributed by atoms with Crippen LogP contribution < -0.4 is 0 Å². The van der Waals surface area contributed by atoms with Crippen LogP contribution in [0.25, 0.3) is 0 Å². The molecule has 0 aromatic heterocycles. The highest BCUT2D eigenvalue weighted by atomic mass is 16.7. The summed E-state index contributed by atoms with van der Waals surface area (Å²) in [6, 6.07) is 0. The van der Waals surface area contributed by atoms with Crippen molar-refractivity contribution in [2.75, 3.05) is 6.61 Å². The van der Waals surface area contributed by atoms with Crippen molar-refractivity contribution in [2.45, 2.75) is 57.4 Å². The van der Waals surface area contributed by atoms with E-state index in [0.29, 0.717) is 6.42 Å². The second-order valence-electron chi connectivity index (χ2n) is 9.63. The van der Waals surface area contributed by atoms with E-state index in [1.54, 1.807) is 20.8 Å². The molecule has 2 heterocycles. The zero-order chi connectivity index (χ0) is 20.4. The molecule has 8 heteroatoms. The minimum Gasteiger partial charge on any atom is -0.460 e. The number of aliphatic hydroxyl groups is 4. The van der Waals surface area contributed by atoms with Gasteiger partial charge in [0.15, 0.2) is 17.7 Å². The van der Waals surface area contributed by atoms with Crippen LogP contribution >= 0.6 is 0 Å². The first-order valence-electron chi connectivity index (χ1n) is 9.84. The highest BCUT2D eigenvalue weighted by molar-refractivity contribution is 5.96. The maximum Gasteiger partial charge on any atom is 0.335 e. The van der Waals surface area contributed by atoms with Crippen molar-refractivity contribution in [1.82, 2.24) is 0 Å². The molecule has 154 valence electrons. The molecule has 11 atom stereocenters. The van der Waals surface area contributed by atoms with Crippen LogP contribution in [0.2, 0.25) is 0 Å². The van der Waals surface area contributed by atoms with Crippen LogP contribution in [-0.2, 0) is 19.1 Å². The number of allylic oxidation sites excluding steroid dienone is 1. The molecular formula is C20H26O8. The number of carbonyl (C=O) groups is 2. The van der Waals surface area contributed by atoms with Gasteiger partial charge >= 0.3 is 5.97 Å². The highest BCUT2D eigenvalue weighted by Crippen LogP contribution is 2.73. The van der Waals surface area contributed by atoms with Gasteiger partial charge in [0.2, 0.25) is 0 Å². The molecule has 0 radical (unpaired) electrons. The number of hydrogen-bond donors (Lipinski definition) is 4. The molecule has 2 saturated heterocycles. The van der Waals surface area contributed by atoms with Crippen LogP contribution in [0, 0.1) is 34.5 Å². The lowest BCUT2D eigenvalue weighted by Gasteiger charge is -2.67. The summed E-state index contributed by atoms with van der Waals surface area (Å²) in [5, 5.41) is 44.2. The van der Waals surface area contributed by atoms with E-state index in [9.17, 15) is 30.0 Å². The Labute approximate surface area is 162 Å². The number of esters is 1. The third-order valence-electron chi connectivity index (χ3n) is 8.65. The first-order valence-corrected chi connectivity index (χ1v) is 9.84. The zero-order valence-corrected chi connectivity index (χ0v) is 16.0. The zero-order valence-electron chi connectivity index (χ0n) is 16.0. The summed E-state index contributed by atoms with van der Waals surface area (Å²) in [7, 11) is 0. The van der Waals surface area contributed by atoms with Crippen LogP contribution in [0.4, 0.5) is 0 Å². The average molecular weight is 394 g/mol. The van der Waals surface area contributed by atoms with Crippen molar-refractivity contribution in [3.63, 3.8) is 0 Å². The minimum atomic E-state index is -2.01. The Bertz CT molecular complexity index is 808. The van der Waals surface area contributed by atoms with Gasteiger partial charge in [-0.1, -0.05) is 19.4 Å². The SMILES string of the molecule is CC1=CC(=O)[C@H](O)[C@]2(C)[C@H]3[C@@]4(O)OC[C@]35[C@H]([C@@H](C)[C@H]4O)[C@@H](O)C(=O)O[C@@H]5C[C@@H]12. The van der Waals surface area contributed by atoms with Crippen LogP contribution in [0.3, 0.4) is 0 Å². The summed E-state index contributed by atoms with van der Waals surface area (Å²) in [6.07, 6.45) is -3.14. The molecule has 28 heavy (non-hydrogen) atoms. The number of fused-ring (bicyclic) bond motifs is 1. The summed E-state index contributed by atoms with van der Waals surface area (Å²) in [4.78, 5) is 25.0. The predicted octanol–water partition coefficient (Wildman–Crippen LogP) is -0.863. The number of ketones is 1. The third-order valence-corrected chi connectivity index (χ3v) is 8.65. The van der Waals surface area contributed by atoms with Crippen molar-refractivity contribution in [3.05, 3.63) is 11.6 Å². The lowest BCUT2D eigenvalue weighted by Crippen LogP contribution is -2.77. The maximum absolute atomic E-state index is 12.5. The van der Waals surface area contributed by atoms with Gasteiger partial charge in [0.05, 0.1) is 6.61 Å². The molecule has 0 amide bonds. The monoisotopic (exact) mass is 394 g/mol. The van der Waals surface area contributed by atoms with Gasteiger partial charge < -0.3 is 29.9 Å². The maximum atomic E-state index is 12.5. The second kappa shape index (κ2) is 5.23. The Hall–Kier alpha value is -1.32. The molecule has 0 aromatic carbocycles. The van der Waals surface area contributed by atoms with Crippen LogP contribution in [0.5, 0.6) is 0 Å². The predicted molar refractivity (Wildman–Crippen MR) is 92.4 cm³/mol. The Morgan fingerprint density at radius 1 is 1.21 bits per heavy atom. The van der Waals surface area contributed by atoms with Crippen LogP contribution in [0.15, 0.2) is 11.6 Å². The number of carbonyl (C=O) groups excluding carboxylic acids is 2. The fraction of sp³-hybridized carbons (Fsp3) is 0.800. The van der Waals surface area contributed by atoms with E-state index in [4.69, 9.17) is 9.47 Å². The quantitative estimate of drug-likeness (QED) is 0.390. The molecule has 0 unspecified atom stereocenters. The normalized spacial score (nSPS) is 59.9. The fourth-order valence-corrected chi connectivity index (χ4v) is 7.64. The summed E-state index contributed by atoms with van der Waals surface area (Å²) in [6.45, 7) is 5.17. The van der Waals surface area contributed by atoms with E-state index in [1.165, 1.54) is 6.08 Å². The van der Waals surface area contributed by atoms with E-state index in [1.807, 2.05) is 0 Å². The first-order chi connectivity index (χ1) is 13.0. The van der Waals surface area contributed by atoms with E-state index in [2.05, 4.69) is 0 Å². The standard InChI is InChI=1S/C20H26O8/c1-7-4-10(21)15(24)18(3)9(7)5-11-19-6-27-20(26,17(18)19)14(23)8(2)12(19)13(22)16(25)28-11/h4,8-9,11-15,17,22-24,26H,5-6H2,1-3H3/t8-,9+,11-,12-,13-,14-,15+,17-,18-,19+,20+/m1/s1.